The number of nitrogens with zero attached hydrogens (tertiary/aromatic N) is 1. The fourth-order valence-electron chi connectivity index (χ4n) is 1.81. The summed E-state index contributed by atoms with van der Waals surface area (Å²) < 4.78 is 4.78. The lowest BCUT2D eigenvalue weighted by atomic mass is 9.96. The van der Waals surface area contributed by atoms with Crippen molar-refractivity contribution in [2.24, 2.45) is 5.92 Å². The molecule has 0 aromatic heterocycles. The van der Waals surface area contributed by atoms with Crippen LogP contribution in [0.5, 0.6) is 0 Å². The van der Waals surface area contributed by atoms with E-state index in [-0.39, 0.29) is 24.3 Å². The van der Waals surface area contributed by atoms with Gasteiger partial charge in [0.1, 0.15) is 6.61 Å². The van der Waals surface area contributed by atoms with Crippen molar-refractivity contribution in [1.29, 1.82) is 0 Å². The van der Waals surface area contributed by atoms with Gasteiger partial charge < -0.3 is 15.0 Å². The first-order valence-electron chi connectivity index (χ1n) is 5.17. The summed E-state index contributed by atoms with van der Waals surface area (Å²) in [5.41, 5.74) is 0. The van der Waals surface area contributed by atoms with Gasteiger partial charge in [-0.1, -0.05) is 0 Å². The molecule has 0 atom stereocenters. The summed E-state index contributed by atoms with van der Waals surface area (Å²) in [6, 6.07) is 0. The van der Waals surface area contributed by atoms with Gasteiger partial charge in [-0.2, -0.15) is 0 Å². The van der Waals surface area contributed by atoms with Crippen molar-refractivity contribution >= 4 is 11.8 Å². The molecule has 0 bridgehead atoms. The molecule has 0 aliphatic carbocycles. The molecule has 1 heterocycles. The molecular weight excluding hydrogens is 196 g/mol. The normalized spacial score (nSPS) is 17.6. The zero-order valence-corrected chi connectivity index (χ0v) is 9.28. The van der Waals surface area contributed by atoms with E-state index in [0.29, 0.717) is 13.1 Å². The summed E-state index contributed by atoms with van der Waals surface area (Å²) in [6.07, 6.45) is 1.49. The summed E-state index contributed by atoms with van der Waals surface area (Å²) in [7, 11) is 3.15. The van der Waals surface area contributed by atoms with Gasteiger partial charge in [0.15, 0.2) is 0 Å². The van der Waals surface area contributed by atoms with Gasteiger partial charge in [-0.25, -0.2) is 0 Å². The first-order valence-corrected chi connectivity index (χ1v) is 5.17. The molecule has 5 nitrogen and oxygen atoms in total. The van der Waals surface area contributed by atoms with Crippen molar-refractivity contribution in [3.05, 3.63) is 0 Å². The van der Waals surface area contributed by atoms with Crippen LogP contribution in [0.25, 0.3) is 0 Å². The van der Waals surface area contributed by atoms with E-state index in [1.807, 2.05) is 0 Å². The molecule has 0 saturated carbocycles. The van der Waals surface area contributed by atoms with Crippen LogP contribution in [-0.2, 0) is 14.3 Å². The summed E-state index contributed by atoms with van der Waals surface area (Å²) in [5.74, 6) is 0.142. The van der Waals surface area contributed by atoms with Gasteiger partial charge in [0.2, 0.25) is 11.8 Å². The van der Waals surface area contributed by atoms with Gasteiger partial charge in [0.25, 0.3) is 0 Å². The fourth-order valence-corrected chi connectivity index (χ4v) is 1.81. The minimum absolute atomic E-state index is 0.00727. The average molecular weight is 214 g/mol. The highest BCUT2D eigenvalue weighted by Gasteiger charge is 2.26. The number of carbonyl (C=O) groups is 2. The molecule has 1 N–H and O–H groups in total. The highest BCUT2D eigenvalue weighted by Crippen LogP contribution is 2.17. The number of nitrogens with one attached hydrogen (secondary N) is 1. The number of hydrogen-bond donors (Lipinski definition) is 1. The number of carbonyl (C=O) groups excluding carboxylic acids is 2. The maximum Gasteiger partial charge on any atom is 0.248 e. The molecule has 1 aliphatic rings. The molecule has 0 spiro atoms. The topological polar surface area (TPSA) is 58.6 Å². The number of ether oxygens (including phenoxy) is 1. The Bertz CT molecular complexity index is 235. The van der Waals surface area contributed by atoms with Crippen molar-refractivity contribution in [3.8, 4) is 0 Å². The minimum atomic E-state index is 0.00727. The largest absolute Gasteiger partial charge is 0.375 e. The first-order chi connectivity index (χ1) is 7.19. The van der Waals surface area contributed by atoms with Gasteiger partial charge in [-0.3, -0.25) is 9.59 Å². The monoisotopic (exact) mass is 214 g/mol. The average Bonchev–Trinajstić information content (AvgIpc) is 2.28. The number of hydrogen-bond acceptors (Lipinski definition) is 3. The number of piperidine rings is 1. The molecule has 0 aromatic carbocycles. The van der Waals surface area contributed by atoms with Crippen LogP contribution >= 0.6 is 0 Å². The zero-order valence-electron chi connectivity index (χ0n) is 9.28. The SMILES string of the molecule is CNC(=O)C1CCN(C(=O)COC)CC1. The maximum atomic E-state index is 11.4. The van der Waals surface area contributed by atoms with Crippen LogP contribution in [0.1, 0.15) is 12.8 Å². The Balaban J connectivity index is 2.35. The predicted octanol–water partition coefficient (Wildman–Crippen LogP) is -0.383. The van der Waals surface area contributed by atoms with Crippen LogP contribution in [0, 0.1) is 5.92 Å². The third-order valence-electron chi connectivity index (χ3n) is 2.73. The van der Waals surface area contributed by atoms with Gasteiger partial charge >= 0.3 is 0 Å². The molecule has 1 rings (SSSR count). The molecule has 0 unspecified atom stereocenters. The Morgan fingerprint density at radius 3 is 2.47 bits per heavy atom. The van der Waals surface area contributed by atoms with Crippen LogP contribution in [0.4, 0.5) is 0 Å². The fraction of sp³-hybridized carbons (Fsp3) is 0.800. The van der Waals surface area contributed by atoms with Crippen molar-refractivity contribution in [3.63, 3.8) is 0 Å². The molecule has 1 fully saturated rings. The highest BCUT2D eigenvalue weighted by molar-refractivity contribution is 5.80. The van der Waals surface area contributed by atoms with E-state index in [1.54, 1.807) is 11.9 Å². The molecule has 1 saturated heterocycles. The van der Waals surface area contributed by atoms with E-state index < -0.39 is 0 Å². The Labute approximate surface area is 89.8 Å². The van der Waals surface area contributed by atoms with Crippen molar-refractivity contribution < 1.29 is 14.3 Å². The van der Waals surface area contributed by atoms with E-state index in [2.05, 4.69) is 5.32 Å². The smallest absolute Gasteiger partial charge is 0.248 e. The van der Waals surface area contributed by atoms with Gasteiger partial charge in [0.05, 0.1) is 0 Å². The van der Waals surface area contributed by atoms with Gasteiger partial charge in [-0.15, -0.1) is 0 Å². The number of likely N-dealkylation sites (tertiary alicyclic amines) is 1. The third kappa shape index (κ3) is 3.20. The van der Waals surface area contributed by atoms with Gasteiger partial charge in [0, 0.05) is 33.2 Å². The van der Waals surface area contributed by atoms with E-state index in [1.165, 1.54) is 7.11 Å². The van der Waals surface area contributed by atoms with E-state index in [9.17, 15) is 9.59 Å². The molecule has 0 radical (unpaired) electrons. The van der Waals surface area contributed by atoms with E-state index >= 15 is 0 Å². The summed E-state index contributed by atoms with van der Waals surface area (Å²) in [4.78, 5) is 24.5. The second-order valence-electron chi connectivity index (χ2n) is 3.70. The number of amides is 2. The van der Waals surface area contributed by atoms with Gasteiger partial charge in [-0.05, 0) is 12.8 Å². The van der Waals surface area contributed by atoms with Crippen LogP contribution in [0.2, 0.25) is 0 Å². The Morgan fingerprint density at radius 2 is 2.00 bits per heavy atom. The lowest BCUT2D eigenvalue weighted by molar-refractivity contribution is -0.138. The quantitative estimate of drug-likeness (QED) is 0.696. The van der Waals surface area contributed by atoms with E-state index in [0.717, 1.165) is 12.8 Å². The Kier molecular flexibility index (Phi) is 4.55. The lowest BCUT2D eigenvalue weighted by Crippen LogP contribution is -2.43. The molecule has 86 valence electrons. The minimum Gasteiger partial charge on any atom is -0.375 e. The molecule has 15 heavy (non-hydrogen) atoms. The van der Waals surface area contributed by atoms with Crippen LogP contribution in [0.3, 0.4) is 0 Å². The predicted molar refractivity (Wildman–Crippen MR) is 55.2 cm³/mol. The zero-order chi connectivity index (χ0) is 11.3. The molecular formula is C10H18N2O3. The standard InChI is InChI=1S/C10H18N2O3/c1-11-10(14)8-3-5-12(6-4-8)9(13)7-15-2/h8H,3-7H2,1-2H3,(H,11,14). The second-order valence-corrected chi connectivity index (χ2v) is 3.70. The summed E-state index contributed by atoms with van der Waals surface area (Å²) in [5, 5.41) is 2.64. The first kappa shape index (κ1) is 12.0. The number of rotatable bonds is 3. The highest BCUT2D eigenvalue weighted by atomic mass is 16.5. The molecule has 1 aliphatic heterocycles. The van der Waals surface area contributed by atoms with Crippen LogP contribution in [-0.4, -0.2) is 50.6 Å². The molecule has 2 amide bonds. The van der Waals surface area contributed by atoms with Crippen molar-refractivity contribution in [2.75, 3.05) is 33.9 Å². The van der Waals surface area contributed by atoms with Crippen molar-refractivity contribution in [1.82, 2.24) is 10.2 Å². The van der Waals surface area contributed by atoms with Crippen LogP contribution < -0.4 is 5.32 Å². The molecule has 5 heteroatoms. The summed E-state index contributed by atoms with van der Waals surface area (Å²) in [6.45, 7) is 1.44. The Morgan fingerprint density at radius 1 is 1.40 bits per heavy atom. The number of methoxy groups -OCH3 is 1. The summed E-state index contributed by atoms with van der Waals surface area (Å²) >= 11 is 0. The molecule has 0 aromatic rings. The Hall–Kier alpha value is -1.10. The lowest BCUT2D eigenvalue weighted by Gasteiger charge is -2.30. The third-order valence-corrected chi connectivity index (χ3v) is 2.73. The second kappa shape index (κ2) is 5.70. The van der Waals surface area contributed by atoms with E-state index in [4.69, 9.17) is 4.74 Å². The van der Waals surface area contributed by atoms with Crippen molar-refractivity contribution in [2.45, 2.75) is 12.8 Å². The maximum absolute atomic E-state index is 11.4. The van der Waals surface area contributed by atoms with Crippen LogP contribution in [0.15, 0.2) is 0 Å².